The SMILES string of the molecule is CCOC(=O)/C(C)=C/c1ccc(OC)c(OC2CCCC2)c1. The lowest BCUT2D eigenvalue weighted by molar-refractivity contribution is -0.138. The van der Waals surface area contributed by atoms with Gasteiger partial charge in [-0.3, -0.25) is 0 Å². The molecule has 0 aromatic heterocycles. The molecular weight excluding hydrogens is 280 g/mol. The first-order valence-corrected chi connectivity index (χ1v) is 7.84. The van der Waals surface area contributed by atoms with Crippen LogP contribution < -0.4 is 9.47 Å². The second-order valence-electron chi connectivity index (χ2n) is 5.48. The monoisotopic (exact) mass is 304 g/mol. The zero-order valence-corrected chi connectivity index (χ0v) is 13.6. The zero-order valence-electron chi connectivity index (χ0n) is 13.6. The van der Waals surface area contributed by atoms with Crippen molar-refractivity contribution < 1.29 is 19.0 Å². The number of hydrogen-bond acceptors (Lipinski definition) is 4. The Kier molecular flexibility index (Phi) is 5.87. The van der Waals surface area contributed by atoms with Crippen LogP contribution in [-0.4, -0.2) is 25.8 Å². The predicted octanol–water partition coefficient (Wildman–Crippen LogP) is 3.98. The Morgan fingerprint density at radius 1 is 1.27 bits per heavy atom. The highest BCUT2D eigenvalue weighted by molar-refractivity contribution is 5.93. The van der Waals surface area contributed by atoms with Crippen molar-refractivity contribution in [2.45, 2.75) is 45.6 Å². The van der Waals surface area contributed by atoms with Crippen LogP contribution in [0, 0.1) is 0 Å². The van der Waals surface area contributed by atoms with Crippen molar-refractivity contribution in [2.24, 2.45) is 0 Å². The molecule has 0 atom stereocenters. The van der Waals surface area contributed by atoms with Gasteiger partial charge in [-0.2, -0.15) is 0 Å². The van der Waals surface area contributed by atoms with Gasteiger partial charge in [0.15, 0.2) is 11.5 Å². The summed E-state index contributed by atoms with van der Waals surface area (Å²) in [6.07, 6.45) is 6.68. The smallest absolute Gasteiger partial charge is 0.333 e. The highest BCUT2D eigenvalue weighted by Crippen LogP contribution is 2.33. The van der Waals surface area contributed by atoms with Crippen molar-refractivity contribution in [3.05, 3.63) is 29.3 Å². The van der Waals surface area contributed by atoms with E-state index in [1.807, 2.05) is 18.2 Å². The van der Waals surface area contributed by atoms with Crippen LogP contribution in [0.15, 0.2) is 23.8 Å². The highest BCUT2D eigenvalue weighted by Gasteiger charge is 2.18. The van der Waals surface area contributed by atoms with Crippen LogP contribution in [0.4, 0.5) is 0 Å². The van der Waals surface area contributed by atoms with E-state index in [0.29, 0.717) is 12.2 Å². The molecule has 0 radical (unpaired) electrons. The molecule has 120 valence electrons. The molecule has 0 amide bonds. The predicted molar refractivity (Wildman–Crippen MR) is 86.2 cm³/mol. The summed E-state index contributed by atoms with van der Waals surface area (Å²) in [6, 6.07) is 5.69. The van der Waals surface area contributed by atoms with Crippen molar-refractivity contribution in [1.82, 2.24) is 0 Å². The van der Waals surface area contributed by atoms with Gasteiger partial charge in [0.1, 0.15) is 0 Å². The Balaban J connectivity index is 2.18. The summed E-state index contributed by atoms with van der Waals surface area (Å²) in [5.74, 6) is 1.16. The molecule has 22 heavy (non-hydrogen) atoms. The number of benzene rings is 1. The molecule has 4 nitrogen and oxygen atoms in total. The van der Waals surface area contributed by atoms with Gasteiger partial charge in [0, 0.05) is 5.57 Å². The highest BCUT2D eigenvalue weighted by atomic mass is 16.5. The summed E-state index contributed by atoms with van der Waals surface area (Å²) in [4.78, 5) is 11.7. The van der Waals surface area contributed by atoms with E-state index >= 15 is 0 Å². The van der Waals surface area contributed by atoms with E-state index in [-0.39, 0.29) is 12.1 Å². The van der Waals surface area contributed by atoms with Crippen molar-refractivity contribution in [2.75, 3.05) is 13.7 Å². The van der Waals surface area contributed by atoms with Gasteiger partial charge >= 0.3 is 5.97 Å². The standard InChI is InChI=1S/C18H24O4/c1-4-21-18(19)13(2)11-14-9-10-16(20-3)17(12-14)22-15-7-5-6-8-15/h9-12,15H,4-8H2,1-3H3/b13-11+. The summed E-state index contributed by atoms with van der Waals surface area (Å²) in [6.45, 7) is 3.93. The number of rotatable bonds is 6. The van der Waals surface area contributed by atoms with Crippen LogP contribution in [0.5, 0.6) is 11.5 Å². The molecule has 0 unspecified atom stereocenters. The molecule has 1 aliphatic carbocycles. The van der Waals surface area contributed by atoms with Gasteiger partial charge in [0.25, 0.3) is 0 Å². The maximum absolute atomic E-state index is 11.7. The van der Waals surface area contributed by atoms with Gasteiger partial charge in [-0.05, 0) is 63.3 Å². The second kappa shape index (κ2) is 7.87. The van der Waals surface area contributed by atoms with Crippen molar-refractivity contribution in [3.8, 4) is 11.5 Å². The summed E-state index contributed by atoms with van der Waals surface area (Å²) < 4.78 is 16.4. The van der Waals surface area contributed by atoms with Gasteiger partial charge in [-0.1, -0.05) is 6.07 Å². The van der Waals surface area contributed by atoms with E-state index in [1.54, 1.807) is 27.0 Å². The van der Waals surface area contributed by atoms with Crippen molar-refractivity contribution in [3.63, 3.8) is 0 Å². The van der Waals surface area contributed by atoms with Crippen LogP contribution in [0.25, 0.3) is 6.08 Å². The minimum absolute atomic E-state index is 0.263. The summed E-state index contributed by atoms with van der Waals surface area (Å²) in [5.41, 5.74) is 1.47. The molecule has 0 heterocycles. The van der Waals surface area contributed by atoms with E-state index < -0.39 is 0 Å². The van der Waals surface area contributed by atoms with Gasteiger partial charge in [0.05, 0.1) is 19.8 Å². The fourth-order valence-electron chi connectivity index (χ4n) is 2.61. The van der Waals surface area contributed by atoms with E-state index in [9.17, 15) is 4.79 Å². The van der Waals surface area contributed by atoms with Crippen LogP contribution in [0.1, 0.15) is 45.1 Å². The van der Waals surface area contributed by atoms with E-state index in [2.05, 4.69) is 0 Å². The average Bonchev–Trinajstić information content (AvgIpc) is 3.01. The molecule has 0 saturated heterocycles. The lowest BCUT2D eigenvalue weighted by Crippen LogP contribution is -2.11. The number of esters is 1. The topological polar surface area (TPSA) is 44.8 Å². The molecule has 1 aromatic rings. The minimum atomic E-state index is -0.295. The summed E-state index contributed by atoms with van der Waals surface area (Å²) in [5, 5.41) is 0. The Morgan fingerprint density at radius 2 is 2.00 bits per heavy atom. The van der Waals surface area contributed by atoms with Gasteiger partial charge in [-0.15, -0.1) is 0 Å². The molecule has 0 aliphatic heterocycles. The molecule has 4 heteroatoms. The largest absolute Gasteiger partial charge is 0.493 e. The van der Waals surface area contributed by atoms with Gasteiger partial charge in [0.2, 0.25) is 0 Å². The van der Waals surface area contributed by atoms with E-state index in [0.717, 1.165) is 29.9 Å². The number of ether oxygens (including phenoxy) is 3. The van der Waals surface area contributed by atoms with E-state index in [4.69, 9.17) is 14.2 Å². The Bertz CT molecular complexity index is 542. The molecule has 1 aliphatic rings. The lowest BCUT2D eigenvalue weighted by Gasteiger charge is -2.16. The maximum atomic E-state index is 11.7. The van der Waals surface area contributed by atoms with Crippen LogP contribution >= 0.6 is 0 Å². The molecule has 0 N–H and O–H groups in total. The Morgan fingerprint density at radius 3 is 2.64 bits per heavy atom. The lowest BCUT2D eigenvalue weighted by atomic mass is 10.1. The Hall–Kier alpha value is -1.97. The third-order valence-corrected chi connectivity index (χ3v) is 3.76. The molecule has 2 rings (SSSR count). The number of carbonyl (C=O) groups is 1. The van der Waals surface area contributed by atoms with Gasteiger partial charge in [-0.25, -0.2) is 4.79 Å². The first kappa shape index (κ1) is 16.4. The van der Waals surface area contributed by atoms with Crippen molar-refractivity contribution >= 4 is 12.0 Å². The summed E-state index contributed by atoms with van der Waals surface area (Å²) >= 11 is 0. The number of carbonyl (C=O) groups excluding carboxylic acids is 1. The fourth-order valence-corrected chi connectivity index (χ4v) is 2.61. The van der Waals surface area contributed by atoms with Gasteiger partial charge < -0.3 is 14.2 Å². The number of hydrogen-bond donors (Lipinski definition) is 0. The van der Waals surface area contributed by atoms with Crippen LogP contribution in [0.2, 0.25) is 0 Å². The second-order valence-corrected chi connectivity index (χ2v) is 5.48. The molecule has 0 bridgehead atoms. The quantitative estimate of drug-likeness (QED) is 0.589. The first-order chi connectivity index (χ1) is 10.6. The molecule has 0 spiro atoms. The number of methoxy groups -OCH3 is 1. The third kappa shape index (κ3) is 4.26. The molecule has 1 fully saturated rings. The zero-order chi connectivity index (χ0) is 15.9. The minimum Gasteiger partial charge on any atom is -0.493 e. The summed E-state index contributed by atoms with van der Waals surface area (Å²) in [7, 11) is 1.64. The van der Waals surface area contributed by atoms with Crippen LogP contribution in [0.3, 0.4) is 0 Å². The molecular formula is C18H24O4. The Labute approximate surface area is 132 Å². The maximum Gasteiger partial charge on any atom is 0.333 e. The third-order valence-electron chi connectivity index (χ3n) is 3.76. The van der Waals surface area contributed by atoms with E-state index in [1.165, 1.54) is 12.8 Å². The molecule has 1 saturated carbocycles. The average molecular weight is 304 g/mol. The van der Waals surface area contributed by atoms with Crippen molar-refractivity contribution in [1.29, 1.82) is 0 Å². The van der Waals surface area contributed by atoms with Crippen LogP contribution in [-0.2, 0) is 9.53 Å². The molecule has 1 aromatic carbocycles. The fraction of sp³-hybridized carbons (Fsp3) is 0.500. The normalized spacial score (nSPS) is 15.7. The first-order valence-electron chi connectivity index (χ1n) is 7.84.